The molecule has 172 valence electrons. The highest BCUT2D eigenvalue weighted by Gasteiger charge is 2.46. The Morgan fingerprint density at radius 3 is 2.28 bits per heavy atom. The summed E-state index contributed by atoms with van der Waals surface area (Å²) in [4.78, 5) is 32.9. The number of H-pyrrole nitrogens is 1. The molecule has 2 heterocycles. The van der Waals surface area contributed by atoms with Crippen LogP contribution in [0.1, 0.15) is 34.1 Å². The number of Topliss-reactive ketones (excluding diaryl/α,β-unsaturated/α-hetero) is 1. The van der Waals surface area contributed by atoms with Crippen LogP contribution in [0.3, 0.4) is 0 Å². The van der Waals surface area contributed by atoms with Gasteiger partial charge >= 0.3 is 0 Å². The molecule has 8 heteroatoms. The lowest BCUT2D eigenvalue weighted by molar-refractivity contribution is -0.140. The summed E-state index contributed by atoms with van der Waals surface area (Å²) in [5.74, 6) is -0.480. The zero-order chi connectivity index (χ0) is 23.7. The van der Waals surface area contributed by atoms with Gasteiger partial charge in [-0.05, 0) is 58.1 Å². The van der Waals surface area contributed by atoms with Crippen molar-refractivity contribution in [3.63, 3.8) is 0 Å². The number of ketones is 1. The van der Waals surface area contributed by atoms with Gasteiger partial charge in [0.2, 0.25) is 0 Å². The van der Waals surface area contributed by atoms with Gasteiger partial charge in [-0.2, -0.15) is 0 Å². The fourth-order valence-corrected chi connectivity index (χ4v) is 4.18. The molecule has 0 radical (unpaired) electrons. The Balaban J connectivity index is 2.24. The van der Waals surface area contributed by atoms with Crippen LogP contribution in [-0.4, -0.2) is 73.0 Å². The number of likely N-dealkylation sites (N-methyl/N-ethyl adjacent to an activating group) is 1. The van der Waals surface area contributed by atoms with Crippen molar-refractivity contribution in [2.75, 3.05) is 41.4 Å². The molecule has 1 fully saturated rings. The second-order valence-electron chi connectivity index (χ2n) is 8.29. The predicted octanol–water partition coefficient (Wildman–Crippen LogP) is 2.94. The van der Waals surface area contributed by atoms with Gasteiger partial charge in [0.1, 0.15) is 5.76 Å². The van der Waals surface area contributed by atoms with E-state index in [-0.39, 0.29) is 11.3 Å². The van der Waals surface area contributed by atoms with Gasteiger partial charge in [0.15, 0.2) is 11.5 Å². The Labute approximate surface area is 188 Å². The van der Waals surface area contributed by atoms with Crippen molar-refractivity contribution in [1.29, 1.82) is 0 Å². The first kappa shape index (κ1) is 23.4. The van der Waals surface area contributed by atoms with E-state index in [4.69, 9.17) is 9.47 Å². The van der Waals surface area contributed by atoms with E-state index in [1.54, 1.807) is 25.3 Å². The number of ether oxygens (including phenoxy) is 2. The molecule has 0 aliphatic carbocycles. The molecular formula is C24H31N3O5. The molecule has 1 aliphatic heterocycles. The van der Waals surface area contributed by atoms with Crippen molar-refractivity contribution in [2.24, 2.45) is 0 Å². The Hall–Kier alpha value is -3.26. The number of nitrogens with zero attached hydrogens (tertiary/aromatic N) is 2. The van der Waals surface area contributed by atoms with Crippen molar-refractivity contribution in [3.05, 3.63) is 51.9 Å². The number of aromatic amines is 1. The minimum atomic E-state index is -0.747. The Kier molecular flexibility index (Phi) is 6.64. The van der Waals surface area contributed by atoms with Crippen LogP contribution in [0.2, 0.25) is 0 Å². The summed E-state index contributed by atoms with van der Waals surface area (Å²) >= 11 is 0. The highest BCUT2D eigenvalue weighted by atomic mass is 16.5. The number of aryl methyl sites for hydroxylation is 2. The van der Waals surface area contributed by atoms with E-state index in [1.165, 1.54) is 12.0 Å². The molecule has 0 saturated carbocycles. The summed E-state index contributed by atoms with van der Waals surface area (Å²) in [6.45, 7) is 6.51. The maximum atomic E-state index is 13.2. The molecule has 8 nitrogen and oxygen atoms in total. The van der Waals surface area contributed by atoms with Crippen LogP contribution in [-0.2, 0) is 9.59 Å². The largest absolute Gasteiger partial charge is 0.507 e. The number of carbonyl (C=O) groups excluding carboxylic acids is 2. The van der Waals surface area contributed by atoms with E-state index in [1.807, 2.05) is 39.8 Å². The van der Waals surface area contributed by atoms with Gasteiger partial charge < -0.3 is 29.4 Å². The minimum Gasteiger partial charge on any atom is -0.507 e. The van der Waals surface area contributed by atoms with Crippen LogP contribution >= 0.6 is 0 Å². The summed E-state index contributed by atoms with van der Waals surface area (Å²) < 4.78 is 10.8. The van der Waals surface area contributed by atoms with Crippen molar-refractivity contribution >= 4 is 17.4 Å². The number of hydrogen-bond donors (Lipinski definition) is 2. The van der Waals surface area contributed by atoms with Gasteiger partial charge in [-0.1, -0.05) is 6.07 Å². The van der Waals surface area contributed by atoms with Crippen molar-refractivity contribution in [1.82, 2.24) is 14.8 Å². The number of carbonyl (C=O) groups is 2. The fourth-order valence-electron chi connectivity index (χ4n) is 4.18. The molecule has 2 aromatic rings. The smallest absolute Gasteiger partial charge is 0.295 e. The SMILES string of the molecule is COc1ccc(C2/C(=C(\O)c3c(C)[nH]c(C)c3C)C(=O)C(=O)N2CCN(C)C)cc1OC. The van der Waals surface area contributed by atoms with E-state index >= 15 is 0 Å². The molecule has 1 amide bonds. The first-order chi connectivity index (χ1) is 15.1. The van der Waals surface area contributed by atoms with Crippen LogP contribution in [0, 0.1) is 20.8 Å². The van der Waals surface area contributed by atoms with Gasteiger partial charge in [-0.25, -0.2) is 0 Å². The molecule has 1 atom stereocenters. The Morgan fingerprint density at radius 2 is 1.75 bits per heavy atom. The van der Waals surface area contributed by atoms with Crippen molar-refractivity contribution in [2.45, 2.75) is 26.8 Å². The van der Waals surface area contributed by atoms with Gasteiger partial charge in [0, 0.05) is 30.0 Å². The Morgan fingerprint density at radius 1 is 1.09 bits per heavy atom. The lowest BCUT2D eigenvalue weighted by atomic mass is 9.94. The van der Waals surface area contributed by atoms with Crippen molar-refractivity contribution < 1.29 is 24.2 Å². The zero-order valence-corrected chi connectivity index (χ0v) is 19.7. The number of hydrogen-bond acceptors (Lipinski definition) is 6. The van der Waals surface area contributed by atoms with Crippen LogP contribution < -0.4 is 9.47 Å². The summed E-state index contributed by atoms with van der Waals surface area (Å²) in [5.41, 5.74) is 3.76. The summed E-state index contributed by atoms with van der Waals surface area (Å²) in [5, 5.41) is 11.3. The maximum absolute atomic E-state index is 13.2. The lowest BCUT2D eigenvalue weighted by Gasteiger charge is -2.27. The summed E-state index contributed by atoms with van der Waals surface area (Å²) in [7, 11) is 6.87. The monoisotopic (exact) mass is 441 g/mol. The van der Waals surface area contributed by atoms with Gasteiger partial charge in [-0.15, -0.1) is 0 Å². The van der Waals surface area contributed by atoms with Crippen LogP contribution in [0.4, 0.5) is 0 Å². The van der Waals surface area contributed by atoms with Gasteiger partial charge in [-0.3, -0.25) is 9.59 Å². The molecule has 32 heavy (non-hydrogen) atoms. The maximum Gasteiger partial charge on any atom is 0.295 e. The molecule has 1 saturated heterocycles. The number of benzene rings is 1. The number of aliphatic hydroxyl groups excluding tert-OH is 1. The highest BCUT2D eigenvalue weighted by Crippen LogP contribution is 2.42. The first-order valence-electron chi connectivity index (χ1n) is 10.4. The minimum absolute atomic E-state index is 0.0752. The second-order valence-corrected chi connectivity index (χ2v) is 8.29. The van der Waals surface area contributed by atoms with Gasteiger partial charge in [0.05, 0.1) is 25.8 Å². The number of likely N-dealkylation sites (tertiary alicyclic amines) is 1. The standard InChI is InChI=1S/C24H31N3O5/c1-13-14(2)25-15(3)19(13)22(28)20-21(16-8-9-17(31-6)18(12-16)32-7)27(11-10-26(4)5)24(30)23(20)29/h8-9,12,21,25,28H,10-11H2,1-7H3/b22-20+. The van der Waals surface area contributed by atoms with Crippen LogP contribution in [0.5, 0.6) is 11.5 Å². The number of amides is 1. The highest BCUT2D eigenvalue weighted by molar-refractivity contribution is 6.46. The lowest BCUT2D eigenvalue weighted by Crippen LogP contribution is -2.35. The van der Waals surface area contributed by atoms with Crippen molar-refractivity contribution in [3.8, 4) is 11.5 Å². The molecule has 0 bridgehead atoms. The third-order valence-electron chi connectivity index (χ3n) is 5.98. The number of aromatic nitrogens is 1. The first-order valence-corrected chi connectivity index (χ1v) is 10.4. The molecule has 1 aliphatic rings. The molecule has 1 unspecified atom stereocenters. The third kappa shape index (κ3) is 3.98. The predicted molar refractivity (Wildman–Crippen MR) is 122 cm³/mol. The summed E-state index contributed by atoms with van der Waals surface area (Å²) in [6, 6.07) is 4.52. The van der Waals surface area contributed by atoms with E-state index < -0.39 is 17.7 Å². The second kappa shape index (κ2) is 9.08. The molecule has 2 N–H and O–H groups in total. The van der Waals surface area contributed by atoms with Crippen LogP contribution in [0.25, 0.3) is 5.76 Å². The van der Waals surface area contributed by atoms with E-state index in [2.05, 4.69) is 4.98 Å². The van der Waals surface area contributed by atoms with E-state index in [9.17, 15) is 14.7 Å². The number of nitrogens with one attached hydrogen (secondary N) is 1. The number of methoxy groups -OCH3 is 2. The average molecular weight is 442 g/mol. The number of aliphatic hydroxyl groups is 1. The fraction of sp³-hybridized carbons (Fsp3) is 0.417. The third-order valence-corrected chi connectivity index (χ3v) is 5.98. The average Bonchev–Trinajstić information content (AvgIpc) is 3.16. The molecule has 0 spiro atoms. The number of rotatable bonds is 7. The zero-order valence-electron chi connectivity index (χ0n) is 19.7. The molecule has 1 aromatic heterocycles. The molecular weight excluding hydrogens is 410 g/mol. The van der Waals surface area contributed by atoms with Crippen LogP contribution in [0.15, 0.2) is 23.8 Å². The molecule has 3 rings (SSSR count). The summed E-state index contributed by atoms with van der Waals surface area (Å²) in [6.07, 6.45) is 0. The Bertz CT molecular complexity index is 1080. The quantitative estimate of drug-likeness (QED) is 0.390. The van der Waals surface area contributed by atoms with E-state index in [0.717, 1.165) is 17.0 Å². The topological polar surface area (TPSA) is 95.1 Å². The molecule has 1 aromatic carbocycles. The van der Waals surface area contributed by atoms with E-state index in [0.29, 0.717) is 35.7 Å². The van der Waals surface area contributed by atoms with Gasteiger partial charge in [0.25, 0.3) is 11.7 Å². The normalized spacial score (nSPS) is 18.0.